The van der Waals surface area contributed by atoms with Crippen molar-refractivity contribution in [2.24, 2.45) is 11.7 Å². The third kappa shape index (κ3) is 3.25. The van der Waals surface area contributed by atoms with E-state index in [2.05, 4.69) is 16.8 Å². The third-order valence-electron chi connectivity index (χ3n) is 3.92. The fraction of sp³-hybridized carbons (Fsp3) is 0.600. The lowest BCUT2D eigenvalue weighted by Crippen LogP contribution is -2.36. The van der Waals surface area contributed by atoms with E-state index >= 15 is 0 Å². The van der Waals surface area contributed by atoms with Gasteiger partial charge in [0.25, 0.3) is 0 Å². The SMILES string of the molecule is CCCC1CCN(c2nc(C)ccc2C(=N)N)CC1. The first-order chi connectivity index (χ1) is 9.11. The van der Waals surface area contributed by atoms with Crippen LogP contribution in [-0.2, 0) is 0 Å². The molecular weight excluding hydrogens is 236 g/mol. The minimum Gasteiger partial charge on any atom is -0.384 e. The molecule has 1 aromatic rings. The van der Waals surface area contributed by atoms with E-state index in [1.165, 1.54) is 25.7 Å². The third-order valence-corrected chi connectivity index (χ3v) is 3.92. The standard InChI is InChI=1S/C15H24N4/c1-3-4-12-7-9-19(10-8-12)15-13(14(16)17)6-5-11(2)18-15/h5-6,12H,3-4,7-10H2,1-2H3,(H3,16,17). The first-order valence-electron chi connectivity index (χ1n) is 7.18. The zero-order valence-corrected chi connectivity index (χ0v) is 11.9. The second-order valence-electron chi connectivity index (χ2n) is 5.46. The summed E-state index contributed by atoms with van der Waals surface area (Å²) in [4.78, 5) is 6.88. The molecule has 0 unspecified atom stereocenters. The van der Waals surface area contributed by atoms with Crippen LogP contribution in [-0.4, -0.2) is 23.9 Å². The Kier molecular flexibility index (Phi) is 4.40. The molecule has 4 nitrogen and oxygen atoms in total. The Balaban J connectivity index is 2.14. The van der Waals surface area contributed by atoms with E-state index in [1.54, 1.807) is 0 Å². The van der Waals surface area contributed by atoms with Gasteiger partial charge >= 0.3 is 0 Å². The molecule has 1 aliphatic heterocycles. The summed E-state index contributed by atoms with van der Waals surface area (Å²) in [7, 11) is 0. The lowest BCUT2D eigenvalue weighted by atomic mass is 9.92. The highest BCUT2D eigenvalue weighted by Crippen LogP contribution is 2.27. The zero-order chi connectivity index (χ0) is 13.8. The summed E-state index contributed by atoms with van der Waals surface area (Å²) >= 11 is 0. The van der Waals surface area contributed by atoms with Crippen molar-refractivity contribution in [3.63, 3.8) is 0 Å². The monoisotopic (exact) mass is 260 g/mol. The van der Waals surface area contributed by atoms with E-state index in [1.807, 2.05) is 19.1 Å². The lowest BCUT2D eigenvalue weighted by molar-refractivity contribution is 0.377. The molecule has 3 N–H and O–H groups in total. The second-order valence-corrected chi connectivity index (χ2v) is 5.46. The average Bonchev–Trinajstić information content (AvgIpc) is 2.39. The molecule has 2 rings (SSSR count). The van der Waals surface area contributed by atoms with E-state index in [9.17, 15) is 0 Å². The quantitative estimate of drug-likeness (QED) is 0.646. The van der Waals surface area contributed by atoms with Gasteiger partial charge in [0.2, 0.25) is 0 Å². The number of hydrogen-bond donors (Lipinski definition) is 2. The number of aromatic nitrogens is 1. The van der Waals surface area contributed by atoms with Crippen LogP contribution in [0.4, 0.5) is 5.82 Å². The number of piperidine rings is 1. The normalized spacial score (nSPS) is 16.6. The minimum atomic E-state index is 0.109. The number of amidine groups is 1. The van der Waals surface area contributed by atoms with E-state index in [4.69, 9.17) is 11.1 Å². The van der Waals surface area contributed by atoms with Crippen LogP contribution in [0.1, 0.15) is 43.9 Å². The number of nitrogens with two attached hydrogens (primary N) is 1. The van der Waals surface area contributed by atoms with Crippen LogP contribution in [0.25, 0.3) is 0 Å². The average molecular weight is 260 g/mol. The Morgan fingerprint density at radius 1 is 1.42 bits per heavy atom. The zero-order valence-electron chi connectivity index (χ0n) is 11.9. The highest BCUT2D eigenvalue weighted by molar-refractivity contribution is 5.99. The number of nitrogen functional groups attached to an aromatic ring is 1. The van der Waals surface area contributed by atoms with E-state index in [0.29, 0.717) is 0 Å². The molecule has 0 atom stereocenters. The van der Waals surface area contributed by atoms with Crippen molar-refractivity contribution in [1.82, 2.24) is 4.98 Å². The fourth-order valence-electron chi connectivity index (χ4n) is 2.84. The van der Waals surface area contributed by atoms with Gasteiger partial charge in [-0.15, -0.1) is 0 Å². The molecule has 0 aromatic carbocycles. The topological polar surface area (TPSA) is 66.0 Å². The van der Waals surface area contributed by atoms with Crippen LogP contribution in [0.2, 0.25) is 0 Å². The van der Waals surface area contributed by atoms with Gasteiger partial charge in [-0.05, 0) is 37.8 Å². The maximum atomic E-state index is 7.68. The number of aryl methyl sites for hydroxylation is 1. The van der Waals surface area contributed by atoms with Gasteiger partial charge in [0.05, 0.1) is 5.56 Å². The molecule has 104 valence electrons. The molecular formula is C15H24N4. The van der Waals surface area contributed by atoms with Crippen LogP contribution in [0.15, 0.2) is 12.1 Å². The number of rotatable bonds is 4. The molecule has 1 saturated heterocycles. The van der Waals surface area contributed by atoms with Gasteiger partial charge in [-0.25, -0.2) is 4.98 Å². The number of hydrogen-bond acceptors (Lipinski definition) is 3. The molecule has 4 heteroatoms. The molecule has 1 aliphatic rings. The fourth-order valence-corrected chi connectivity index (χ4v) is 2.84. The summed E-state index contributed by atoms with van der Waals surface area (Å²) in [6.45, 7) is 6.29. The van der Waals surface area contributed by atoms with Crippen molar-refractivity contribution in [2.75, 3.05) is 18.0 Å². The van der Waals surface area contributed by atoms with Crippen LogP contribution >= 0.6 is 0 Å². The number of nitrogens with zero attached hydrogens (tertiary/aromatic N) is 2. The van der Waals surface area contributed by atoms with Gasteiger partial charge in [-0.2, -0.15) is 0 Å². The molecule has 0 radical (unpaired) electrons. The van der Waals surface area contributed by atoms with Crippen molar-refractivity contribution in [3.05, 3.63) is 23.4 Å². The molecule has 0 aliphatic carbocycles. The molecule has 2 heterocycles. The first kappa shape index (κ1) is 13.8. The largest absolute Gasteiger partial charge is 0.384 e. The summed E-state index contributed by atoms with van der Waals surface area (Å²) in [5, 5.41) is 7.68. The Morgan fingerprint density at radius 2 is 2.11 bits per heavy atom. The maximum Gasteiger partial charge on any atom is 0.139 e. The van der Waals surface area contributed by atoms with Gasteiger partial charge in [0.15, 0.2) is 0 Å². The molecule has 0 spiro atoms. The van der Waals surface area contributed by atoms with E-state index in [-0.39, 0.29) is 5.84 Å². The summed E-state index contributed by atoms with van der Waals surface area (Å²) in [5.74, 6) is 1.85. The maximum absolute atomic E-state index is 7.68. The van der Waals surface area contributed by atoms with Crippen molar-refractivity contribution in [3.8, 4) is 0 Å². The van der Waals surface area contributed by atoms with Crippen molar-refractivity contribution in [2.45, 2.75) is 39.5 Å². The molecule has 0 amide bonds. The van der Waals surface area contributed by atoms with Crippen LogP contribution in [0.3, 0.4) is 0 Å². The molecule has 0 bridgehead atoms. The van der Waals surface area contributed by atoms with Gasteiger partial charge < -0.3 is 10.6 Å². The number of pyridine rings is 1. The number of anilines is 1. The van der Waals surface area contributed by atoms with Crippen molar-refractivity contribution < 1.29 is 0 Å². The lowest BCUT2D eigenvalue weighted by Gasteiger charge is -2.33. The first-order valence-corrected chi connectivity index (χ1v) is 7.18. The van der Waals surface area contributed by atoms with Gasteiger partial charge in [-0.1, -0.05) is 19.8 Å². The Labute approximate surface area is 115 Å². The highest BCUT2D eigenvalue weighted by atomic mass is 15.2. The number of nitrogens with one attached hydrogen (secondary N) is 1. The van der Waals surface area contributed by atoms with E-state index in [0.717, 1.165) is 36.1 Å². The Hall–Kier alpha value is -1.58. The van der Waals surface area contributed by atoms with Crippen molar-refractivity contribution in [1.29, 1.82) is 5.41 Å². The molecule has 0 saturated carbocycles. The smallest absolute Gasteiger partial charge is 0.139 e. The molecule has 19 heavy (non-hydrogen) atoms. The van der Waals surface area contributed by atoms with Crippen LogP contribution in [0, 0.1) is 18.3 Å². The van der Waals surface area contributed by atoms with Crippen LogP contribution in [0.5, 0.6) is 0 Å². The summed E-state index contributed by atoms with van der Waals surface area (Å²) in [6.07, 6.45) is 5.04. The second kappa shape index (κ2) is 6.04. The molecule has 1 fully saturated rings. The predicted octanol–water partition coefficient (Wildman–Crippen LogP) is 2.69. The Bertz CT molecular complexity index is 447. The highest BCUT2D eigenvalue weighted by Gasteiger charge is 2.22. The summed E-state index contributed by atoms with van der Waals surface area (Å²) in [6, 6.07) is 3.84. The van der Waals surface area contributed by atoms with Crippen molar-refractivity contribution >= 4 is 11.7 Å². The van der Waals surface area contributed by atoms with Gasteiger partial charge in [-0.3, -0.25) is 5.41 Å². The predicted molar refractivity (Wildman–Crippen MR) is 79.8 cm³/mol. The van der Waals surface area contributed by atoms with Gasteiger partial charge in [0.1, 0.15) is 11.7 Å². The molecule has 1 aromatic heterocycles. The van der Waals surface area contributed by atoms with Gasteiger partial charge in [0, 0.05) is 18.8 Å². The van der Waals surface area contributed by atoms with Crippen LogP contribution < -0.4 is 10.6 Å². The Morgan fingerprint density at radius 3 is 2.68 bits per heavy atom. The minimum absolute atomic E-state index is 0.109. The summed E-state index contributed by atoms with van der Waals surface area (Å²) < 4.78 is 0. The van der Waals surface area contributed by atoms with E-state index < -0.39 is 0 Å². The summed E-state index contributed by atoms with van der Waals surface area (Å²) in [5.41, 5.74) is 7.41.